The van der Waals surface area contributed by atoms with Gasteiger partial charge in [-0.3, -0.25) is 0 Å². The zero-order valence-electron chi connectivity index (χ0n) is 37.3. The fraction of sp³-hybridized carbons (Fsp3) is 1.00. The maximum atomic E-state index is 12.3. The van der Waals surface area contributed by atoms with Gasteiger partial charge in [0.05, 0.1) is 55.4 Å². The summed E-state index contributed by atoms with van der Waals surface area (Å²) in [7, 11) is 0. The van der Waals surface area contributed by atoms with Crippen LogP contribution in [0.5, 0.6) is 0 Å². The third kappa shape index (κ3) is 6.72. The van der Waals surface area contributed by atoms with E-state index in [1.54, 1.807) is 13.8 Å². The Labute approximate surface area is 363 Å². The molecule has 4 saturated heterocycles. The first-order valence-electron chi connectivity index (χ1n) is 23.2. The summed E-state index contributed by atoms with van der Waals surface area (Å²) in [6, 6.07) is 0. The van der Waals surface area contributed by atoms with Crippen LogP contribution in [0.15, 0.2) is 0 Å². The van der Waals surface area contributed by atoms with Crippen molar-refractivity contribution in [3.05, 3.63) is 0 Å². The number of ether oxygens (including phenoxy) is 7. The van der Waals surface area contributed by atoms with Crippen LogP contribution in [0, 0.1) is 44.8 Å². The summed E-state index contributed by atoms with van der Waals surface area (Å²) in [6.07, 6.45) is -12.2. The third-order valence-corrected chi connectivity index (χ3v) is 18.9. The van der Waals surface area contributed by atoms with Crippen molar-refractivity contribution in [3.63, 3.8) is 0 Å². The molecular formula is C45H74O17. The molecule has 0 amide bonds. The molecule has 0 bridgehead atoms. The first-order valence-corrected chi connectivity index (χ1v) is 23.2. The molecule has 4 aliphatic heterocycles. The van der Waals surface area contributed by atoms with E-state index < -0.39 is 109 Å². The Kier molecular flexibility index (Phi) is 11.5. The second-order valence-electron chi connectivity index (χ2n) is 23.0. The van der Waals surface area contributed by atoms with Crippen molar-refractivity contribution in [1.82, 2.24) is 0 Å². The van der Waals surface area contributed by atoms with E-state index in [0.29, 0.717) is 25.7 Å². The van der Waals surface area contributed by atoms with E-state index in [1.807, 2.05) is 0 Å². The Morgan fingerprint density at radius 3 is 1.74 bits per heavy atom. The molecule has 17 heteroatoms. The number of hydrogen-bond donors (Lipinski definition) is 10. The van der Waals surface area contributed by atoms with Crippen LogP contribution in [0.3, 0.4) is 0 Å². The van der Waals surface area contributed by atoms with Gasteiger partial charge in [0.15, 0.2) is 18.9 Å². The molecule has 10 N–H and O–H groups in total. The van der Waals surface area contributed by atoms with E-state index >= 15 is 0 Å². The highest BCUT2D eigenvalue weighted by atomic mass is 16.8. The fourth-order valence-corrected chi connectivity index (χ4v) is 15.8. The zero-order chi connectivity index (χ0) is 44.9. The highest BCUT2D eigenvalue weighted by Crippen LogP contribution is 2.89. The minimum atomic E-state index is -1.65. The average molecular weight is 887 g/mol. The third-order valence-electron chi connectivity index (χ3n) is 18.9. The lowest BCUT2D eigenvalue weighted by molar-refractivity contribution is -0.359. The van der Waals surface area contributed by atoms with Gasteiger partial charge in [-0.15, -0.1) is 0 Å². The predicted molar refractivity (Wildman–Crippen MR) is 214 cm³/mol. The number of aliphatic hydroxyl groups is 10. The van der Waals surface area contributed by atoms with E-state index in [9.17, 15) is 51.1 Å². The van der Waals surface area contributed by atoms with E-state index in [2.05, 4.69) is 34.6 Å². The SMILES string of the molecule is CC(C)(O)[C@@H]1CC[C@](C)([C@@H]2[C@@H](O)C[C@@]3(C)[C@@H]4C[C@H](O[C@@H]5OC[C@H](O)[C@H](O)[C@@H]5O)[C@@H]5C(C)(C)[C@H](O[C@@H]6OC[C@H](O)[C@H](O)[C@@H]6O[C@@H]6OC[C@H](O)[C@@H](O)[C@H]6O)CC[C@@]56C[C@@]46CC[C@]23C)O1. The van der Waals surface area contributed by atoms with Gasteiger partial charge in [0.25, 0.3) is 0 Å². The molecule has 356 valence electrons. The van der Waals surface area contributed by atoms with Gasteiger partial charge in [-0.2, -0.15) is 0 Å². The van der Waals surface area contributed by atoms with E-state index in [0.717, 1.165) is 32.1 Å². The number of aliphatic hydroxyl groups excluding tert-OH is 9. The van der Waals surface area contributed by atoms with Crippen LogP contribution in [0.4, 0.5) is 0 Å². The Bertz CT molecular complexity index is 1660. The topological polar surface area (TPSA) is 267 Å². The standard InChI is InChI=1S/C45H74O17/c1-39(2)26(60-38-33(30(52)23(49)18-58-38)61-37-32(54)29(51)22(48)17-57-37)9-11-45-19-44(45)13-12-41(5)34(43(7)10-8-27(62-43)40(3,4)55)20(46)15-42(41,6)25(44)14-24(35(39)45)59-36-31(53)28(50)21(47)16-56-36/h20-38,46-55H,8-19H2,1-7H3/t20-,21-,22-,23-,24-,25-,26+,27-,28-,29+,30-,31-,32+,33-,34+,35+,36-,37-,38-,41+,42-,43+,44-,45+/m0/s1. The lowest BCUT2D eigenvalue weighted by Crippen LogP contribution is -2.65. The summed E-state index contributed by atoms with van der Waals surface area (Å²) < 4.78 is 44.0. The lowest BCUT2D eigenvalue weighted by atomic mass is 9.41. The second kappa shape index (κ2) is 15.4. The maximum Gasteiger partial charge on any atom is 0.186 e. The van der Waals surface area contributed by atoms with Crippen LogP contribution in [0.2, 0.25) is 0 Å². The molecule has 0 aromatic carbocycles. The molecule has 9 fully saturated rings. The highest BCUT2D eigenvalue weighted by Gasteiger charge is 2.85. The Morgan fingerprint density at radius 1 is 0.565 bits per heavy atom. The monoisotopic (exact) mass is 886 g/mol. The van der Waals surface area contributed by atoms with Gasteiger partial charge in [-0.05, 0) is 117 Å². The molecule has 2 spiro atoms. The van der Waals surface area contributed by atoms with Gasteiger partial charge in [-0.1, -0.05) is 27.7 Å². The van der Waals surface area contributed by atoms with Crippen molar-refractivity contribution in [2.45, 2.75) is 216 Å². The van der Waals surface area contributed by atoms with E-state index in [4.69, 9.17) is 33.2 Å². The second-order valence-corrected chi connectivity index (χ2v) is 23.0. The normalized spacial score (nSPS) is 58.5. The van der Waals surface area contributed by atoms with Crippen LogP contribution in [0.25, 0.3) is 0 Å². The molecule has 9 rings (SSSR count). The average Bonchev–Trinajstić information content (AvgIpc) is 3.56. The largest absolute Gasteiger partial charge is 0.393 e. The van der Waals surface area contributed by atoms with Crippen LogP contribution in [-0.2, 0) is 33.2 Å². The molecular weight excluding hydrogens is 812 g/mol. The van der Waals surface area contributed by atoms with Crippen molar-refractivity contribution >= 4 is 0 Å². The van der Waals surface area contributed by atoms with Crippen molar-refractivity contribution in [3.8, 4) is 0 Å². The zero-order valence-corrected chi connectivity index (χ0v) is 37.3. The minimum Gasteiger partial charge on any atom is -0.393 e. The summed E-state index contributed by atoms with van der Waals surface area (Å²) in [5.41, 5.74) is -3.33. The molecule has 5 aliphatic carbocycles. The fourth-order valence-electron chi connectivity index (χ4n) is 15.8. The Balaban J connectivity index is 1.03. The van der Waals surface area contributed by atoms with Crippen LogP contribution in [0.1, 0.15) is 106 Å². The van der Waals surface area contributed by atoms with Crippen molar-refractivity contribution < 1.29 is 84.2 Å². The molecule has 5 saturated carbocycles. The van der Waals surface area contributed by atoms with Crippen molar-refractivity contribution in [2.24, 2.45) is 44.8 Å². The van der Waals surface area contributed by atoms with Gasteiger partial charge in [0.2, 0.25) is 0 Å². The number of hydrogen-bond acceptors (Lipinski definition) is 17. The summed E-state index contributed by atoms with van der Waals surface area (Å²) in [6.45, 7) is 13.8. The summed E-state index contributed by atoms with van der Waals surface area (Å²) >= 11 is 0. The molecule has 17 nitrogen and oxygen atoms in total. The molecule has 0 radical (unpaired) electrons. The molecule has 4 heterocycles. The van der Waals surface area contributed by atoms with Crippen molar-refractivity contribution in [1.29, 1.82) is 0 Å². The maximum absolute atomic E-state index is 12.3. The van der Waals surface area contributed by atoms with E-state index in [1.165, 1.54) is 0 Å². The molecule has 24 atom stereocenters. The molecule has 9 aliphatic rings. The van der Waals surface area contributed by atoms with Crippen LogP contribution >= 0.6 is 0 Å². The Morgan fingerprint density at radius 2 is 1.15 bits per heavy atom. The molecule has 0 aromatic rings. The van der Waals surface area contributed by atoms with Crippen LogP contribution < -0.4 is 0 Å². The van der Waals surface area contributed by atoms with Gasteiger partial charge in [0, 0.05) is 5.92 Å². The summed E-state index contributed by atoms with van der Waals surface area (Å²) in [5, 5.41) is 109. The molecule has 62 heavy (non-hydrogen) atoms. The first kappa shape index (κ1) is 46.4. The Hall–Kier alpha value is -0.680. The highest BCUT2D eigenvalue weighted by molar-refractivity contribution is 5.33. The minimum absolute atomic E-state index is 0.0927. The van der Waals surface area contributed by atoms with E-state index in [-0.39, 0.29) is 65.3 Å². The van der Waals surface area contributed by atoms with Gasteiger partial charge in [-0.25, -0.2) is 0 Å². The first-order chi connectivity index (χ1) is 28.8. The van der Waals surface area contributed by atoms with Gasteiger partial charge < -0.3 is 84.2 Å². The number of fused-ring (bicyclic) bond motifs is 2. The summed E-state index contributed by atoms with van der Waals surface area (Å²) in [5.74, 6) is -0.256. The molecule has 0 unspecified atom stereocenters. The van der Waals surface area contributed by atoms with Gasteiger partial charge in [0.1, 0.15) is 54.9 Å². The predicted octanol–water partition coefficient (Wildman–Crippen LogP) is -0.173. The number of rotatable bonds is 8. The van der Waals surface area contributed by atoms with Crippen molar-refractivity contribution in [2.75, 3.05) is 19.8 Å². The summed E-state index contributed by atoms with van der Waals surface area (Å²) in [4.78, 5) is 0. The lowest BCUT2D eigenvalue weighted by Gasteiger charge is -2.65. The quantitative estimate of drug-likeness (QED) is 0.142. The van der Waals surface area contributed by atoms with Gasteiger partial charge >= 0.3 is 0 Å². The smallest absolute Gasteiger partial charge is 0.186 e. The molecule has 0 aromatic heterocycles. The van der Waals surface area contributed by atoms with Crippen LogP contribution in [-0.4, -0.2) is 180 Å².